The van der Waals surface area contributed by atoms with Crippen LogP contribution >= 0.6 is 15.9 Å². The van der Waals surface area contributed by atoms with E-state index >= 15 is 0 Å². The van der Waals surface area contributed by atoms with E-state index < -0.39 is 33.7 Å². The molecular formula is C8H8BrF5O2. The number of carboxylic acid groups (broad SMARTS) is 1. The predicted molar refractivity (Wildman–Crippen MR) is 47.6 cm³/mol. The molecule has 1 aliphatic rings. The molecule has 1 N–H and O–H groups in total. The van der Waals surface area contributed by atoms with Crippen molar-refractivity contribution >= 4 is 21.9 Å². The van der Waals surface area contributed by atoms with Gasteiger partial charge in [0.05, 0.1) is 5.92 Å². The predicted octanol–water partition coefficient (Wildman–Crippen LogP) is 3.06. The Hall–Kier alpha value is -0.400. The number of halogens is 6. The van der Waals surface area contributed by atoms with Gasteiger partial charge in [-0.15, -0.1) is 0 Å². The van der Waals surface area contributed by atoms with Gasteiger partial charge in [0.15, 0.2) is 0 Å². The molecule has 0 amide bonds. The molecule has 2 atom stereocenters. The van der Waals surface area contributed by atoms with Gasteiger partial charge < -0.3 is 5.11 Å². The molecule has 1 aliphatic carbocycles. The number of hydrogen-bond donors (Lipinski definition) is 1. The molecule has 1 fully saturated rings. The average Bonchev–Trinajstić information content (AvgIpc) is 2.45. The summed E-state index contributed by atoms with van der Waals surface area (Å²) in [4.78, 5) is 10.6. The van der Waals surface area contributed by atoms with E-state index in [0.29, 0.717) is 0 Å². The molecule has 0 heterocycles. The Morgan fingerprint density at radius 1 is 1.25 bits per heavy atom. The van der Waals surface area contributed by atoms with Crippen LogP contribution in [0.2, 0.25) is 0 Å². The molecule has 1 saturated carbocycles. The fraction of sp³-hybridized carbons (Fsp3) is 0.875. The standard InChI is InChI=1S/C8H8BrF5O2/c1-5(2)3(4(15)16)6(5,9)7(10,11)8(12,13)14/h3H,1-2H3,(H,15,16). The van der Waals surface area contributed by atoms with E-state index in [1.54, 1.807) is 0 Å². The van der Waals surface area contributed by atoms with E-state index in [2.05, 4.69) is 15.9 Å². The van der Waals surface area contributed by atoms with Crippen LogP contribution in [0, 0.1) is 11.3 Å². The maximum atomic E-state index is 13.2. The average molecular weight is 311 g/mol. The molecule has 0 radical (unpaired) electrons. The molecule has 0 aromatic rings. The summed E-state index contributed by atoms with van der Waals surface area (Å²) in [5, 5.41) is 8.62. The Morgan fingerprint density at radius 2 is 1.62 bits per heavy atom. The Balaban J connectivity index is 3.21. The van der Waals surface area contributed by atoms with Crippen LogP contribution in [0.5, 0.6) is 0 Å². The SMILES string of the molecule is CC1(C)C(C(=O)O)C1(Br)C(F)(F)C(F)(F)F. The maximum Gasteiger partial charge on any atom is 0.454 e. The normalized spacial score (nSPS) is 33.6. The Morgan fingerprint density at radius 3 is 1.81 bits per heavy atom. The summed E-state index contributed by atoms with van der Waals surface area (Å²) in [6.45, 7) is 2.11. The monoisotopic (exact) mass is 310 g/mol. The van der Waals surface area contributed by atoms with Crippen LogP contribution in [0.25, 0.3) is 0 Å². The van der Waals surface area contributed by atoms with Gasteiger partial charge in [-0.1, -0.05) is 29.8 Å². The van der Waals surface area contributed by atoms with Gasteiger partial charge >= 0.3 is 18.1 Å². The van der Waals surface area contributed by atoms with Crippen molar-refractivity contribution in [2.75, 3.05) is 0 Å². The Bertz CT molecular complexity index is 338. The molecular weight excluding hydrogens is 303 g/mol. The minimum atomic E-state index is -5.78. The summed E-state index contributed by atoms with van der Waals surface area (Å²) >= 11 is 2.28. The van der Waals surface area contributed by atoms with Crippen molar-refractivity contribution in [1.82, 2.24) is 0 Å². The van der Waals surface area contributed by atoms with Gasteiger partial charge in [0.1, 0.15) is 4.32 Å². The van der Waals surface area contributed by atoms with Crippen LogP contribution in [0.4, 0.5) is 22.0 Å². The first-order chi connectivity index (χ1) is 6.82. The van der Waals surface area contributed by atoms with Crippen LogP contribution in [0.3, 0.4) is 0 Å². The first kappa shape index (κ1) is 13.7. The van der Waals surface area contributed by atoms with Gasteiger partial charge in [-0.3, -0.25) is 4.79 Å². The summed E-state index contributed by atoms with van der Waals surface area (Å²) < 4.78 is 60.1. The third-order valence-corrected chi connectivity index (χ3v) is 5.01. The molecule has 94 valence electrons. The largest absolute Gasteiger partial charge is 0.481 e. The highest BCUT2D eigenvalue weighted by Crippen LogP contribution is 2.75. The first-order valence-electron chi connectivity index (χ1n) is 4.18. The lowest BCUT2D eigenvalue weighted by Gasteiger charge is -2.27. The maximum absolute atomic E-state index is 13.2. The van der Waals surface area contributed by atoms with Crippen molar-refractivity contribution in [1.29, 1.82) is 0 Å². The molecule has 0 aromatic carbocycles. The number of hydrogen-bond acceptors (Lipinski definition) is 1. The number of carbonyl (C=O) groups is 1. The number of carboxylic acids is 1. The summed E-state index contributed by atoms with van der Waals surface area (Å²) in [5.41, 5.74) is -1.67. The first-order valence-corrected chi connectivity index (χ1v) is 4.97. The van der Waals surface area contributed by atoms with Gasteiger partial charge in [0.25, 0.3) is 0 Å². The zero-order valence-corrected chi connectivity index (χ0v) is 9.79. The molecule has 2 nitrogen and oxygen atoms in total. The van der Waals surface area contributed by atoms with E-state index in [4.69, 9.17) is 5.11 Å². The number of aliphatic carboxylic acids is 1. The van der Waals surface area contributed by atoms with Crippen molar-refractivity contribution < 1.29 is 31.9 Å². The highest BCUT2D eigenvalue weighted by Gasteiger charge is 2.89. The summed E-state index contributed by atoms with van der Waals surface area (Å²) in [6.07, 6.45) is -5.78. The van der Waals surface area contributed by atoms with Crippen molar-refractivity contribution in [2.24, 2.45) is 11.3 Å². The summed E-state index contributed by atoms with van der Waals surface area (Å²) in [7, 11) is 0. The van der Waals surface area contributed by atoms with Crippen molar-refractivity contribution in [3.8, 4) is 0 Å². The van der Waals surface area contributed by atoms with Crippen molar-refractivity contribution in [2.45, 2.75) is 30.3 Å². The second kappa shape index (κ2) is 3.08. The third-order valence-electron chi connectivity index (χ3n) is 3.03. The molecule has 16 heavy (non-hydrogen) atoms. The quantitative estimate of drug-likeness (QED) is 0.629. The summed E-state index contributed by atoms with van der Waals surface area (Å²) in [5.74, 6) is -8.55. The van der Waals surface area contributed by atoms with Gasteiger partial charge in [-0.25, -0.2) is 0 Å². The molecule has 8 heteroatoms. The van der Waals surface area contributed by atoms with Crippen LogP contribution in [0.15, 0.2) is 0 Å². The lowest BCUT2D eigenvalue weighted by atomic mass is 10.0. The highest BCUT2D eigenvalue weighted by atomic mass is 79.9. The molecule has 2 unspecified atom stereocenters. The summed E-state index contributed by atoms with van der Waals surface area (Å²) in [6, 6.07) is 0. The highest BCUT2D eigenvalue weighted by molar-refractivity contribution is 9.10. The van der Waals surface area contributed by atoms with E-state index in [1.165, 1.54) is 0 Å². The lowest BCUT2D eigenvalue weighted by Crippen LogP contribution is -2.49. The molecule has 0 saturated heterocycles. The third kappa shape index (κ3) is 1.31. The van der Waals surface area contributed by atoms with Gasteiger partial charge in [-0.05, 0) is 0 Å². The zero-order valence-electron chi connectivity index (χ0n) is 8.20. The number of alkyl halides is 6. The van der Waals surface area contributed by atoms with E-state index in [9.17, 15) is 26.7 Å². The molecule has 0 aliphatic heterocycles. The van der Waals surface area contributed by atoms with Gasteiger partial charge in [0, 0.05) is 5.41 Å². The Labute approximate surface area is 95.9 Å². The lowest BCUT2D eigenvalue weighted by molar-refractivity contribution is -0.287. The van der Waals surface area contributed by atoms with Crippen molar-refractivity contribution in [3.05, 3.63) is 0 Å². The number of rotatable bonds is 2. The topological polar surface area (TPSA) is 37.3 Å². The minimum absolute atomic E-state index is 1.06. The molecule has 0 spiro atoms. The smallest absolute Gasteiger partial charge is 0.454 e. The second-order valence-corrected chi connectivity index (χ2v) is 5.53. The fourth-order valence-corrected chi connectivity index (χ4v) is 3.09. The zero-order chi connectivity index (χ0) is 13.2. The van der Waals surface area contributed by atoms with E-state index in [0.717, 1.165) is 13.8 Å². The van der Waals surface area contributed by atoms with Crippen molar-refractivity contribution in [3.63, 3.8) is 0 Å². The minimum Gasteiger partial charge on any atom is -0.481 e. The molecule has 1 rings (SSSR count). The molecule has 0 bridgehead atoms. The van der Waals surface area contributed by atoms with E-state index in [1.807, 2.05) is 0 Å². The Kier molecular flexibility index (Phi) is 2.63. The second-order valence-electron chi connectivity index (χ2n) is 4.28. The van der Waals surface area contributed by atoms with Gasteiger partial charge in [-0.2, -0.15) is 22.0 Å². The van der Waals surface area contributed by atoms with Crippen LogP contribution in [-0.2, 0) is 4.79 Å². The van der Waals surface area contributed by atoms with E-state index in [-0.39, 0.29) is 0 Å². The van der Waals surface area contributed by atoms with Crippen LogP contribution in [0.1, 0.15) is 13.8 Å². The fourth-order valence-electron chi connectivity index (χ4n) is 1.98. The molecule has 0 aromatic heterocycles. The van der Waals surface area contributed by atoms with Gasteiger partial charge in [0.2, 0.25) is 0 Å². The van der Waals surface area contributed by atoms with Crippen LogP contribution in [-0.4, -0.2) is 27.5 Å². The van der Waals surface area contributed by atoms with Crippen LogP contribution < -0.4 is 0 Å².